The van der Waals surface area contributed by atoms with Crippen LogP contribution in [-0.2, 0) is 0 Å². The maximum absolute atomic E-state index is 4.09. The van der Waals surface area contributed by atoms with E-state index >= 15 is 0 Å². The summed E-state index contributed by atoms with van der Waals surface area (Å²) in [4.78, 5) is 0. The van der Waals surface area contributed by atoms with Crippen LogP contribution in [0.5, 0.6) is 0 Å². The smallest absolute Gasteiger partial charge is 0.0202 e. The summed E-state index contributed by atoms with van der Waals surface area (Å²) in [7, 11) is 0. The van der Waals surface area contributed by atoms with Gasteiger partial charge in [0.1, 0.15) is 0 Å². The van der Waals surface area contributed by atoms with E-state index in [9.17, 15) is 0 Å². The quantitative estimate of drug-likeness (QED) is 0.565. The third kappa shape index (κ3) is 4.38. The van der Waals surface area contributed by atoms with Gasteiger partial charge in [-0.3, -0.25) is 0 Å². The zero-order chi connectivity index (χ0) is 12.1. The fraction of sp³-hybridized carbons (Fsp3) is 0.625. The van der Waals surface area contributed by atoms with Crippen molar-refractivity contribution in [2.75, 3.05) is 0 Å². The standard InChI is InChI=1S/C16H26/c1-12(2)10-14(4)11-15(5)16-8-6-13(3)7-9-16/h10-11,13,16H,4,6-9H2,1-3,5H3/b15-11+. The summed E-state index contributed by atoms with van der Waals surface area (Å²) in [6, 6.07) is 0. The van der Waals surface area contributed by atoms with Crippen molar-refractivity contribution in [3.63, 3.8) is 0 Å². The number of hydrogen-bond acceptors (Lipinski definition) is 0. The van der Waals surface area contributed by atoms with Crippen molar-refractivity contribution in [2.45, 2.75) is 53.4 Å². The molecule has 16 heavy (non-hydrogen) atoms. The molecule has 0 saturated heterocycles. The first-order valence-electron chi connectivity index (χ1n) is 6.51. The minimum absolute atomic E-state index is 0.804. The molecule has 1 aliphatic rings. The van der Waals surface area contributed by atoms with Gasteiger partial charge in [0.15, 0.2) is 0 Å². The molecule has 0 heteroatoms. The van der Waals surface area contributed by atoms with E-state index in [0.717, 1.165) is 17.4 Å². The second-order valence-corrected chi connectivity index (χ2v) is 5.64. The Morgan fingerprint density at radius 1 is 1.00 bits per heavy atom. The predicted molar refractivity (Wildman–Crippen MR) is 73.5 cm³/mol. The summed E-state index contributed by atoms with van der Waals surface area (Å²) < 4.78 is 0. The first-order chi connectivity index (χ1) is 7.49. The molecule has 0 heterocycles. The largest absolute Gasteiger partial charge is 0.0918 e. The van der Waals surface area contributed by atoms with E-state index in [1.807, 2.05) is 0 Å². The molecular formula is C16H26. The number of hydrogen-bond donors (Lipinski definition) is 0. The Morgan fingerprint density at radius 2 is 1.56 bits per heavy atom. The summed E-state index contributed by atoms with van der Waals surface area (Å²) >= 11 is 0. The van der Waals surface area contributed by atoms with E-state index in [2.05, 4.69) is 46.4 Å². The van der Waals surface area contributed by atoms with Crippen molar-refractivity contribution in [3.8, 4) is 0 Å². The van der Waals surface area contributed by atoms with Gasteiger partial charge in [-0.2, -0.15) is 0 Å². The molecule has 0 nitrogen and oxygen atoms in total. The van der Waals surface area contributed by atoms with Gasteiger partial charge in [0.2, 0.25) is 0 Å². The van der Waals surface area contributed by atoms with Gasteiger partial charge in [0.25, 0.3) is 0 Å². The average Bonchev–Trinajstić information content (AvgIpc) is 2.16. The fourth-order valence-corrected chi connectivity index (χ4v) is 2.54. The Labute approximate surface area is 101 Å². The maximum atomic E-state index is 4.09. The first-order valence-corrected chi connectivity index (χ1v) is 6.51. The average molecular weight is 218 g/mol. The van der Waals surface area contributed by atoms with Crippen LogP contribution in [0, 0.1) is 11.8 Å². The van der Waals surface area contributed by atoms with Gasteiger partial charge in [-0.05, 0) is 51.0 Å². The molecule has 0 aromatic rings. The second-order valence-electron chi connectivity index (χ2n) is 5.64. The lowest BCUT2D eigenvalue weighted by atomic mass is 9.79. The van der Waals surface area contributed by atoms with Crippen LogP contribution in [0.4, 0.5) is 0 Å². The van der Waals surface area contributed by atoms with Gasteiger partial charge in [-0.15, -0.1) is 0 Å². The molecule has 1 aliphatic carbocycles. The highest BCUT2D eigenvalue weighted by Crippen LogP contribution is 2.33. The molecule has 0 unspecified atom stereocenters. The SMILES string of the molecule is C=C(C=C(C)C)/C=C(\C)C1CCC(C)CC1. The van der Waals surface area contributed by atoms with Gasteiger partial charge >= 0.3 is 0 Å². The number of allylic oxidation sites excluding steroid dienone is 5. The molecule has 1 fully saturated rings. The predicted octanol–water partition coefficient (Wildman–Crippen LogP) is 5.28. The van der Waals surface area contributed by atoms with Crippen molar-refractivity contribution in [1.29, 1.82) is 0 Å². The molecule has 1 rings (SSSR count). The van der Waals surface area contributed by atoms with Gasteiger partial charge < -0.3 is 0 Å². The maximum Gasteiger partial charge on any atom is -0.0202 e. The Bertz CT molecular complexity index is 292. The lowest BCUT2D eigenvalue weighted by Crippen LogP contribution is -2.13. The van der Waals surface area contributed by atoms with Crippen molar-refractivity contribution >= 4 is 0 Å². The Hall–Kier alpha value is -0.780. The first kappa shape index (κ1) is 13.3. The lowest BCUT2D eigenvalue weighted by Gasteiger charge is -2.26. The summed E-state index contributed by atoms with van der Waals surface area (Å²) in [5.41, 5.74) is 4.00. The van der Waals surface area contributed by atoms with E-state index in [4.69, 9.17) is 0 Å². The van der Waals surface area contributed by atoms with Gasteiger partial charge in [0, 0.05) is 0 Å². The van der Waals surface area contributed by atoms with E-state index in [0.29, 0.717) is 0 Å². The Morgan fingerprint density at radius 3 is 2.06 bits per heavy atom. The molecule has 90 valence electrons. The summed E-state index contributed by atoms with van der Waals surface area (Å²) in [5.74, 6) is 1.74. The lowest BCUT2D eigenvalue weighted by molar-refractivity contribution is 0.320. The van der Waals surface area contributed by atoms with Crippen LogP contribution in [0.3, 0.4) is 0 Å². The van der Waals surface area contributed by atoms with E-state index in [1.54, 1.807) is 0 Å². The molecule has 0 bridgehead atoms. The van der Waals surface area contributed by atoms with Crippen molar-refractivity contribution in [1.82, 2.24) is 0 Å². The fourth-order valence-electron chi connectivity index (χ4n) is 2.54. The van der Waals surface area contributed by atoms with Crippen LogP contribution < -0.4 is 0 Å². The molecule has 0 aliphatic heterocycles. The van der Waals surface area contributed by atoms with Gasteiger partial charge in [0.05, 0.1) is 0 Å². The van der Waals surface area contributed by atoms with Crippen LogP contribution in [0.15, 0.2) is 35.5 Å². The minimum atomic E-state index is 0.804. The molecule has 0 radical (unpaired) electrons. The summed E-state index contributed by atoms with van der Waals surface area (Å²) in [5, 5.41) is 0. The Balaban J connectivity index is 2.56. The molecular weight excluding hydrogens is 192 g/mol. The zero-order valence-electron chi connectivity index (χ0n) is 11.3. The van der Waals surface area contributed by atoms with Gasteiger partial charge in [-0.25, -0.2) is 0 Å². The molecule has 0 atom stereocenters. The molecule has 0 spiro atoms. The van der Waals surface area contributed by atoms with Crippen molar-refractivity contribution in [3.05, 3.63) is 35.5 Å². The van der Waals surface area contributed by atoms with Crippen LogP contribution in [-0.4, -0.2) is 0 Å². The van der Waals surface area contributed by atoms with Crippen molar-refractivity contribution in [2.24, 2.45) is 11.8 Å². The Kier molecular flexibility index (Phi) is 5.05. The molecule has 1 saturated carbocycles. The van der Waals surface area contributed by atoms with Crippen molar-refractivity contribution < 1.29 is 0 Å². The third-order valence-electron chi connectivity index (χ3n) is 3.55. The van der Waals surface area contributed by atoms with Crippen LogP contribution in [0.1, 0.15) is 53.4 Å². The van der Waals surface area contributed by atoms with Gasteiger partial charge in [-0.1, -0.05) is 49.6 Å². The monoisotopic (exact) mass is 218 g/mol. The normalized spacial score (nSPS) is 26.4. The summed E-state index contributed by atoms with van der Waals surface area (Å²) in [6.45, 7) is 13.0. The highest BCUT2D eigenvalue weighted by Gasteiger charge is 2.18. The second kappa shape index (κ2) is 6.08. The van der Waals surface area contributed by atoms with Crippen LogP contribution >= 0.6 is 0 Å². The minimum Gasteiger partial charge on any atom is -0.0918 e. The van der Waals surface area contributed by atoms with Crippen LogP contribution in [0.25, 0.3) is 0 Å². The molecule has 0 N–H and O–H groups in total. The highest BCUT2D eigenvalue weighted by molar-refractivity contribution is 5.32. The molecule has 0 aromatic heterocycles. The van der Waals surface area contributed by atoms with E-state index in [1.165, 1.54) is 36.8 Å². The summed E-state index contributed by atoms with van der Waals surface area (Å²) in [6.07, 6.45) is 9.95. The topological polar surface area (TPSA) is 0 Å². The number of rotatable bonds is 3. The molecule has 0 aromatic carbocycles. The highest BCUT2D eigenvalue weighted by atomic mass is 14.2. The third-order valence-corrected chi connectivity index (χ3v) is 3.55. The van der Waals surface area contributed by atoms with Crippen LogP contribution in [0.2, 0.25) is 0 Å². The van der Waals surface area contributed by atoms with E-state index < -0.39 is 0 Å². The zero-order valence-corrected chi connectivity index (χ0v) is 11.3. The molecule has 0 amide bonds. The van der Waals surface area contributed by atoms with E-state index in [-0.39, 0.29) is 0 Å².